The van der Waals surface area contributed by atoms with Crippen LogP contribution in [0.3, 0.4) is 0 Å². The molecule has 1 aliphatic rings. The molecule has 1 heterocycles. The number of thiocarbonyl (C=S) groups is 1. The van der Waals surface area contributed by atoms with E-state index in [0.29, 0.717) is 11.4 Å². The van der Waals surface area contributed by atoms with Gasteiger partial charge in [-0.3, -0.25) is 4.79 Å². The molecule has 1 rings (SSSR count). The van der Waals surface area contributed by atoms with Crippen molar-refractivity contribution < 1.29 is 4.79 Å². The molecule has 18 heavy (non-hydrogen) atoms. The van der Waals surface area contributed by atoms with Gasteiger partial charge in [-0.25, -0.2) is 0 Å². The average molecular weight is 271 g/mol. The summed E-state index contributed by atoms with van der Waals surface area (Å²) < 4.78 is 0. The Morgan fingerprint density at radius 3 is 2.61 bits per heavy atom. The third kappa shape index (κ3) is 3.01. The largest absolute Gasteiger partial charge is 0.392 e. The van der Waals surface area contributed by atoms with Crippen molar-refractivity contribution in [3.05, 3.63) is 0 Å². The lowest BCUT2D eigenvalue weighted by Gasteiger charge is -2.36. The highest BCUT2D eigenvalue weighted by molar-refractivity contribution is 7.80. The van der Waals surface area contributed by atoms with Gasteiger partial charge in [0.2, 0.25) is 5.91 Å². The molecule has 1 fully saturated rings. The summed E-state index contributed by atoms with van der Waals surface area (Å²) in [6, 6.07) is 0.213. The van der Waals surface area contributed by atoms with Gasteiger partial charge in [-0.1, -0.05) is 19.1 Å². The second-order valence-electron chi connectivity index (χ2n) is 5.51. The van der Waals surface area contributed by atoms with Crippen molar-refractivity contribution in [3.8, 4) is 0 Å². The Bertz CT molecular complexity index is 334. The molecule has 2 N–H and O–H groups in total. The monoisotopic (exact) mass is 271 g/mol. The third-order valence-electron chi connectivity index (χ3n) is 4.03. The molecule has 5 heteroatoms. The van der Waals surface area contributed by atoms with E-state index in [-0.39, 0.29) is 11.9 Å². The number of hydrogen-bond donors (Lipinski definition) is 1. The predicted octanol–water partition coefficient (Wildman–Crippen LogP) is 1.24. The molecule has 1 amide bonds. The summed E-state index contributed by atoms with van der Waals surface area (Å²) in [4.78, 5) is 17.2. The summed E-state index contributed by atoms with van der Waals surface area (Å²) >= 11 is 5.09. The smallest absolute Gasteiger partial charge is 0.235 e. The van der Waals surface area contributed by atoms with Crippen molar-refractivity contribution in [2.45, 2.75) is 39.7 Å². The Hall–Kier alpha value is -0.680. The first-order valence-corrected chi connectivity index (χ1v) is 7.03. The molecule has 2 atom stereocenters. The van der Waals surface area contributed by atoms with Crippen LogP contribution in [0.1, 0.15) is 33.6 Å². The molecule has 104 valence electrons. The lowest BCUT2D eigenvalue weighted by Crippen LogP contribution is -2.52. The Balaban J connectivity index is 2.91. The van der Waals surface area contributed by atoms with Crippen LogP contribution in [0.25, 0.3) is 0 Å². The fourth-order valence-electron chi connectivity index (χ4n) is 2.42. The van der Waals surface area contributed by atoms with E-state index in [4.69, 9.17) is 18.0 Å². The lowest BCUT2D eigenvalue weighted by molar-refractivity contribution is -0.139. The topological polar surface area (TPSA) is 49.6 Å². The van der Waals surface area contributed by atoms with Gasteiger partial charge in [0.1, 0.15) is 0 Å². The normalized spacial score (nSPS) is 25.3. The van der Waals surface area contributed by atoms with Crippen molar-refractivity contribution in [1.82, 2.24) is 9.80 Å². The maximum Gasteiger partial charge on any atom is 0.235 e. The van der Waals surface area contributed by atoms with Gasteiger partial charge < -0.3 is 15.5 Å². The molecule has 2 unspecified atom stereocenters. The fraction of sp³-hybridized carbons (Fsp3) is 0.846. The van der Waals surface area contributed by atoms with Crippen molar-refractivity contribution in [3.63, 3.8) is 0 Å². The molecule has 0 spiro atoms. The second kappa shape index (κ2) is 5.97. The van der Waals surface area contributed by atoms with Crippen LogP contribution < -0.4 is 5.73 Å². The molecule has 1 aliphatic heterocycles. The molecule has 4 nitrogen and oxygen atoms in total. The van der Waals surface area contributed by atoms with Crippen LogP contribution in [-0.2, 0) is 4.79 Å². The van der Waals surface area contributed by atoms with Crippen molar-refractivity contribution in [2.24, 2.45) is 11.1 Å². The van der Waals surface area contributed by atoms with Crippen molar-refractivity contribution in [2.75, 3.05) is 26.7 Å². The van der Waals surface area contributed by atoms with Gasteiger partial charge in [-0.15, -0.1) is 0 Å². The summed E-state index contributed by atoms with van der Waals surface area (Å²) in [5.74, 6) is 0.0836. The molecular weight excluding hydrogens is 246 g/mol. The van der Waals surface area contributed by atoms with Gasteiger partial charge in [-0.2, -0.15) is 0 Å². The first-order chi connectivity index (χ1) is 8.32. The summed E-state index contributed by atoms with van der Waals surface area (Å²) in [6.45, 7) is 8.65. The van der Waals surface area contributed by atoms with Crippen LogP contribution in [0.15, 0.2) is 0 Å². The van der Waals surface area contributed by atoms with Crippen LogP contribution in [-0.4, -0.2) is 53.4 Å². The first kappa shape index (κ1) is 15.4. The number of nitrogens with two attached hydrogens (primary N) is 1. The highest BCUT2D eigenvalue weighted by Gasteiger charge is 2.39. The Labute approximate surface area is 115 Å². The van der Waals surface area contributed by atoms with E-state index in [9.17, 15) is 4.79 Å². The van der Waals surface area contributed by atoms with Crippen LogP contribution in [0.5, 0.6) is 0 Å². The van der Waals surface area contributed by atoms with E-state index < -0.39 is 5.41 Å². The van der Waals surface area contributed by atoms with E-state index in [2.05, 4.69) is 18.9 Å². The van der Waals surface area contributed by atoms with Crippen LogP contribution in [0, 0.1) is 5.41 Å². The molecule has 0 aromatic rings. The van der Waals surface area contributed by atoms with E-state index in [0.717, 1.165) is 26.1 Å². The van der Waals surface area contributed by atoms with Crippen LogP contribution in [0.2, 0.25) is 0 Å². The number of rotatable bonds is 3. The molecule has 1 saturated heterocycles. The third-order valence-corrected chi connectivity index (χ3v) is 4.48. The number of carbonyl (C=O) groups excluding carboxylic acids is 1. The number of nitrogens with zero attached hydrogens (tertiary/aromatic N) is 2. The molecule has 0 bridgehead atoms. The summed E-state index contributed by atoms with van der Waals surface area (Å²) in [6.07, 6.45) is 1.66. The number of amides is 1. The van der Waals surface area contributed by atoms with Crippen molar-refractivity contribution >= 4 is 23.1 Å². The van der Waals surface area contributed by atoms with E-state index in [1.165, 1.54) is 0 Å². The zero-order chi connectivity index (χ0) is 13.9. The maximum absolute atomic E-state index is 12.7. The molecular formula is C13H25N3OS. The molecule has 0 radical (unpaired) electrons. The minimum atomic E-state index is -0.702. The molecule has 0 aliphatic carbocycles. The minimum Gasteiger partial charge on any atom is -0.392 e. The van der Waals surface area contributed by atoms with Gasteiger partial charge in [0.05, 0.1) is 10.4 Å². The van der Waals surface area contributed by atoms with Crippen LogP contribution >= 0.6 is 12.2 Å². The zero-order valence-electron chi connectivity index (χ0n) is 11.9. The molecule has 0 saturated carbocycles. The zero-order valence-corrected chi connectivity index (χ0v) is 12.7. The number of hydrogen-bond acceptors (Lipinski definition) is 3. The highest BCUT2D eigenvalue weighted by Crippen LogP contribution is 2.26. The van der Waals surface area contributed by atoms with E-state index in [1.54, 1.807) is 0 Å². The standard InChI is InChI=1S/C13H25N3OS/c1-5-13(3,11(14)18)12(17)16-8-6-7-15(4)9-10(16)2/h10H,5-9H2,1-4H3,(H2,14,18). The average Bonchev–Trinajstić information content (AvgIpc) is 2.47. The number of carbonyl (C=O) groups is 1. The van der Waals surface area contributed by atoms with Gasteiger partial charge >= 0.3 is 0 Å². The summed E-state index contributed by atoms with van der Waals surface area (Å²) in [7, 11) is 2.09. The second-order valence-corrected chi connectivity index (χ2v) is 5.95. The summed E-state index contributed by atoms with van der Waals surface area (Å²) in [5.41, 5.74) is 5.07. The SMILES string of the molecule is CCC(C)(C(=O)N1CCCN(C)CC1C)C(N)=S. The van der Waals surface area contributed by atoms with Gasteiger partial charge in [0.15, 0.2) is 0 Å². The van der Waals surface area contributed by atoms with E-state index >= 15 is 0 Å². The highest BCUT2D eigenvalue weighted by atomic mass is 32.1. The quantitative estimate of drug-likeness (QED) is 0.785. The Kier molecular flexibility index (Phi) is 5.10. The minimum absolute atomic E-state index is 0.0836. The van der Waals surface area contributed by atoms with Gasteiger partial charge in [0, 0.05) is 19.1 Å². The van der Waals surface area contributed by atoms with Crippen molar-refractivity contribution in [1.29, 1.82) is 0 Å². The Morgan fingerprint density at radius 1 is 1.50 bits per heavy atom. The Morgan fingerprint density at radius 2 is 2.11 bits per heavy atom. The number of likely N-dealkylation sites (N-methyl/N-ethyl adjacent to an activating group) is 1. The van der Waals surface area contributed by atoms with Gasteiger partial charge in [0.25, 0.3) is 0 Å². The van der Waals surface area contributed by atoms with E-state index in [1.807, 2.05) is 18.7 Å². The molecule has 0 aromatic heterocycles. The van der Waals surface area contributed by atoms with Gasteiger partial charge in [-0.05, 0) is 40.3 Å². The maximum atomic E-state index is 12.7. The lowest BCUT2D eigenvalue weighted by atomic mass is 9.85. The molecule has 0 aromatic carbocycles. The predicted molar refractivity (Wildman–Crippen MR) is 78.5 cm³/mol. The first-order valence-electron chi connectivity index (χ1n) is 6.62. The fourth-order valence-corrected chi connectivity index (χ4v) is 2.65. The van der Waals surface area contributed by atoms with Crippen LogP contribution in [0.4, 0.5) is 0 Å². The summed E-state index contributed by atoms with van der Waals surface area (Å²) in [5, 5.41) is 0.